The minimum atomic E-state index is -0.219. The van der Waals surface area contributed by atoms with Gasteiger partial charge in [-0.2, -0.15) is 0 Å². The summed E-state index contributed by atoms with van der Waals surface area (Å²) in [5, 5.41) is 0. The molecule has 1 aromatic heterocycles. The van der Waals surface area contributed by atoms with Gasteiger partial charge in [0, 0.05) is 17.5 Å². The van der Waals surface area contributed by atoms with Crippen molar-refractivity contribution in [2.45, 2.75) is 6.92 Å². The van der Waals surface area contributed by atoms with E-state index in [1.165, 1.54) is 17.7 Å². The number of nitrogens with one attached hydrogen (secondary N) is 1. The first-order valence-electron chi connectivity index (χ1n) is 6.24. The Kier molecular flexibility index (Phi) is 2.92. The Labute approximate surface area is 111 Å². The third-order valence-corrected chi connectivity index (χ3v) is 3.20. The van der Waals surface area contributed by atoms with Gasteiger partial charge < -0.3 is 4.98 Å². The highest BCUT2D eigenvalue weighted by atomic mass is 19.1. The van der Waals surface area contributed by atoms with E-state index in [-0.39, 0.29) is 5.82 Å². The number of halogens is 1. The minimum Gasteiger partial charge on any atom is -0.361 e. The summed E-state index contributed by atoms with van der Waals surface area (Å²) >= 11 is 0. The highest BCUT2D eigenvalue weighted by molar-refractivity contribution is 5.71. The molecule has 0 spiro atoms. The molecule has 0 amide bonds. The summed E-state index contributed by atoms with van der Waals surface area (Å²) in [7, 11) is 0. The molecule has 0 saturated heterocycles. The van der Waals surface area contributed by atoms with Crippen LogP contribution in [0.1, 0.15) is 5.56 Å². The zero-order chi connectivity index (χ0) is 13.2. The van der Waals surface area contributed by atoms with Gasteiger partial charge in [-0.25, -0.2) is 4.39 Å². The molecule has 0 fully saturated rings. The Bertz CT molecular complexity index is 695. The normalized spacial score (nSPS) is 10.6. The van der Waals surface area contributed by atoms with Crippen molar-refractivity contribution >= 4 is 0 Å². The van der Waals surface area contributed by atoms with Crippen molar-refractivity contribution < 1.29 is 4.39 Å². The fourth-order valence-electron chi connectivity index (χ4n) is 2.13. The van der Waals surface area contributed by atoms with Crippen LogP contribution in [-0.4, -0.2) is 4.98 Å². The molecule has 3 aromatic rings. The van der Waals surface area contributed by atoms with Gasteiger partial charge in [0.2, 0.25) is 0 Å². The van der Waals surface area contributed by atoms with Gasteiger partial charge in [-0.1, -0.05) is 42.0 Å². The van der Waals surface area contributed by atoms with E-state index in [1.54, 1.807) is 6.07 Å². The molecule has 1 N–H and O–H groups in total. The molecule has 0 bridgehead atoms. The molecule has 1 heterocycles. The maximum Gasteiger partial charge on any atom is 0.123 e. The predicted molar refractivity (Wildman–Crippen MR) is 76.4 cm³/mol. The molecule has 94 valence electrons. The van der Waals surface area contributed by atoms with Crippen LogP contribution in [0.2, 0.25) is 0 Å². The van der Waals surface area contributed by atoms with Crippen LogP contribution in [0.15, 0.2) is 60.8 Å². The standard InChI is InChI=1S/C17H14FN/c1-12-5-7-13(8-6-12)15-10-17(19-11-15)14-3-2-4-16(18)9-14/h2-11,19H,1H3. The second kappa shape index (κ2) is 4.73. The summed E-state index contributed by atoms with van der Waals surface area (Å²) in [6.45, 7) is 2.07. The lowest BCUT2D eigenvalue weighted by molar-refractivity contribution is 0.628. The Morgan fingerprint density at radius 2 is 1.63 bits per heavy atom. The highest BCUT2D eigenvalue weighted by Gasteiger charge is 2.04. The number of rotatable bonds is 2. The number of H-pyrrole nitrogens is 1. The molecule has 0 saturated carbocycles. The zero-order valence-corrected chi connectivity index (χ0v) is 10.7. The third-order valence-electron chi connectivity index (χ3n) is 3.20. The highest BCUT2D eigenvalue weighted by Crippen LogP contribution is 2.26. The topological polar surface area (TPSA) is 15.8 Å². The van der Waals surface area contributed by atoms with Crippen LogP contribution < -0.4 is 0 Å². The van der Waals surface area contributed by atoms with Gasteiger partial charge in [0.15, 0.2) is 0 Å². The van der Waals surface area contributed by atoms with Crippen LogP contribution >= 0.6 is 0 Å². The second-order valence-electron chi connectivity index (χ2n) is 4.68. The van der Waals surface area contributed by atoms with E-state index >= 15 is 0 Å². The van der Waals surface area contributed by atoms with Crippen molar-refractivity contribution in [3.63, 3.8) is 0 Å². The van der Waals surface area contributed by atoms with Crippen LogP contribution in [0.25, 0.3) is 22.4 Å². The lowest BCUT2D eigenvalue weighted by Gasteiger charge is -1.98. The van der Waals surface area contributed by atoms with Gasteiger partial charge in [-0.15, -0.1) is 0 Å². The zero-order valence-electron chi connectivity index (χ0n) is 10.7. The number of benzene rings is 2. The van der Waals surface area contributed by atoms with Crippen LogP contribution in [0.3, 0.4) is 0 Å². The average molecular weight is 251 g/mol. The molecule has 0 atom stereocenters. The van der Waals surface area contributed by atoms with E-state index in [4.69, 9.17) is 0 Å². The monoisotopic (exact) mass is 251 g/mol. The quantitative estimate of drug-likeness (QED) is 0.673. The fourth-order valence-corrected chi connectivity index (χ4v) is 2.13. The van der Waals surface area contributed by atoms with Gasteiger partial charge in [0.1, 0.15) is 5.82 Å². The molecule has 0 aliphatic heterocycles. The molecular weight excluding hydrogens is 237 g/mol. The van der Waals surface area contributed by atoms with Crippen molar-refractivity contribution in [3.8, 4) is 22.4 Å². The Balaban J connectivity index is 1.97. The summed E-state index contributed by atoms with van der Waals surface area (Å²) in [6, 6.07) is 17.0. The second-order valence-corrected chi connectivity index (χ2v) is 4.68. The first-order valence-corrected chi connectivity index (χ1v) is 6.24. The number of hydrogen-bond donors (Lipinski definition) is 1. The van der Waals surface area contributed by atoms with Crippen LogP contribution in [-0.2, 0) is 0 Å². The molecular formula is C17H14FN. The average Bonchev–Trinajstić information content (AvgIpc) is 2.89. The van der Waals surface area contributed by atoms with Gasteiger partial charge >= 0.3 is 0 Å². The summed E-state index contributed by atoms with van der Waals surface area (Å²) in [6.07, 6.45) is 1.95. The molecule has 0 radical (unpaired) electrons. The Hall–Kier alpha value is -2.35. The Morgan fingerprint density at radius 1 is 0.842 bits per heavy atom. The molecule has 2 aromatic carbocycles. The number of aromatic nitrogens is 1. The molecule has 1 nitrogen and oxygen atoms in total. The van der Waals surface area contributed by atoms with Crippen molar-refractivity contribution in [1.29, 1.82) is 0 Å². The predicted octanol–water partition coefficient (Wildman–Crippen LogP) is 4.80. The van der Waals surface area contributed by atoms with E-state index in [0.29, 0.717) is 0 Å². The molecule has 3 rings (SSSR count). The molecule has 19 heavy (non-hydrogen) atoms. The van der Waals surface area contributed by atoms with Gasteiger partial charge in [-0.3, -0.25) is 0 Å². The SMILES string of the molecule is Cc1ccc(-c2c[nH]c(-c3cccc(F)c3)c2)cc1. The maximum absolute atomic E-state index is 13.2. The molecule has 0 aliphatic carbocycles. The van der Waals surface area contributed by atoms with E-state index < -0.39 is 0 Å². The summed E-state index contributed by atoms with van der Waals surface area (Å²) < 4.78 is 13.2. The van der Waals surface area contributed by atoms with Crippen molar-refractivity contribution in [1.82, 2.24) is 4.98 Å². The van der Waals surface area contributed by atoms with E-state index in [2.05, 4.69) is 36.2 Å². The summed E-state index contributed by atoms with van der Waals surface area (Å²) in [4.78, 5) is 3.20. The molecule has 2 heteroatoms. The van der Waals surface area contributed by atoms with E-state index in [0.717, 1.165) is 22.4 Å². The number of aryl methyl sites for hydroxylation is 1. The van der Waals surface area contributed by atoms with Crippen molar-refractivity contribution in [3.05, 3.63) is 72.2 Å². The lowest BCUT2D eigenvalue weighted by Crippen LogP contribution is -1.78. The Morgan fingerprint density at radius 3 is 2.37 bits per heavy atom. The van der Waals surface area contributed by atoms with Gasteiger partial charge in [0.05, 0.1) is 0 Å². The first-order chi connectivity index (χ1) is 9.22. The fraction of sp³-hybridized carbons (Fsp3) is 0.0588. The molecule has 0 aliphatic rings. The van der Waals surface area contributed by atoms with E-state index in [1.807, 2.05) is 18.3 Å². The largest absolute Gasteiger partial charge is 0.361 e. The summed E-state index contributed by atoms with van der Waals surface area (Å²) in [5.74, 6) is -0.219. The molecule has 0 unspecified atom stereocenters. The lowest BCUT2D eigenvalue weighted by atomic mass is 10.1. The van der Waals surface area contributed by atoms with E-state index in [9.17, 15) is 4.39 Å². The minimum absolute atomic E-state index is 0.219. The first kappa shape index (κ1) is 11.7. The third kappa shape index (κ3) is 2.43. The van der Waals surface area contributed by atoms with Crippen LogP contribution in [0.5, 0.6) is 0 Å². The number of aromatic amines is 1. The smallest absolute Gasteiger partial charge is 0.123 e. The van der Waals surface area contributed by atoms with Crippen LogP contribution in [0.4, 0.5) is 4.39 Å². The van der Waals surface area contributed by atoms with Crippen LogP contribution in [0, 0.1) is 12.7 Å². The van der Waals surface area contributed by atoms with Crippen molar-refractivity contribution in [2.24, 2.45) is 0 Å². The van der Waals surface area contributed by atoms with Crippen molar-refractivity contribution in [2.75, 3.05) is 0 Å². The van der Waals surface area contributed by atoms with Gasteiger partial charge in [0.25, 0.3) is 0 Å². The van der Waals surface area contributed by atoms with Gasteiger partial charge in [-0.05, 0) is 36.2 Å². The maximum atomic E-state index is 13.2. The summed E-state index contributed by atoms with van der Waals surface area (Å²) in [5.41, 5.74) is 5.29. The number of hydrogen-bond acceptors (Lipinski definition) is 0.